The van der Waals surface area contributed by atoms with Crippen molar-refractivity contribution >= 4 is 45.0 Å². The number of carbonyl (C=O) groups is 1. The lowest BCUT2D eigenvalue weighted by atomic mass is 9.93. The van der Waals surface area contributed by atoms with Gasteiger partial charge in [-0.1, -0.05) is 11.3 Å². The molecule has 0 spiro atoms. The molecule has 4 rings (SSSR count). The van der Waals surface area contributed by atoms with Crippen LogP contribution >= 0.6 is 23.7 Å². The van der Waals surface area contributed by atoms with E-state index in [4.69, 9.17) is 9.47 Å². The highest BCUT2D eigenvalue weighted by Gasteiger charge is 2.25. The Hall–Kier alpha value is -1.57. The van der Waals surface area contributed by atoms with Gasteiger partial charge in [-0.2, -0.15) is 0 Å². The molecule has 1 saturated heterocycles. The summed E-state index contributed by atoms with van der Waals surface area (Å²) in [5, 5.41) is 6.97. The standard InChI is InChI=1S/C16H19N3O3S.ClH/c1-9-6-10(2-3-17-9)15(20)19-16-18-11-7-12-13(8-14(11)23-16)22-5-4-21-12;/h7-10,17H,2-6H2,1H3,(H,18,19,20);1H/t9-,10-;/m0./s1. The number of nitrogens with one attached hydrogen (secondary N) is 2. The van der Waals surface area contributed by atoms with Gasteiger partial charge in [0.05, 0.1) is 10.2 Å². The molecule has 2 atom stereocenters. The summed E-state index contributed by atoms with van der Waals surface area (Å²) in [7, 11) is 0. The Kier molecular flexibility index (Phi) is 5.12. The predicted molar refractivity (Wildman–Crippen MR) is 96.7 cm³/mol. The van der Waals surface area contributed by atoms with Crippen LogP contribution in [0.25, 0.3) is 10.2 Å². The number of nitrogens with zero attached hydrogens (tertiary/aromatic N) is 1. The summed E-state index contributed by atoms with van der Waals surface area (Å²) < 4.78 is 12.2. The molecule has 8 heteroatoms. The number of ether oxygens (including phenoxy) is 2. The van der Waals surface area contributed by atoms with Crippen molar-refractivity contribution in [3.8, 4) is 11.5 Å². The van der Waals surface area contributed by atoms with E-state index in [9.17, 15) is 4.79 Å². The zero-order chi connectivity index (χ0) is 15.8. The fourth-order valence-electron chi connectivity index (χ4n) is 3.10. The van der Waals surface area contributed by atoms with E-state index in [2.05, 4.69) is 22.5 Å². The second-order valence-corrected chi connectivity index (χ2v) is 7.08. The number of thiazole rings is 1. The van der Waals surface area contributed by atoms with Crippen molar-refractivity contribution in [3.63, 3.8) is 0 Å². The van der Waals surface area contributed by atoms with Crippen molar-refractivity contribution in [2.24, 2.45) is 5.92 Å². The minimum atomic E-state index is 0. The van der Waals surface area contributed by atoms with Crippen LogP contribution in [0.5, 0.6) is 11.5 Å². The number of rotatable bonds is 2. The van der Waals surface area contributed by atoms with Gasteiger partial charge < -0.3 is 20.1 Å². The highest BCUT2D eigenvalue weighted by Crippen LogP contribution is 2.38. The van der Waals surface area contributed by atoms with Crippen molar-refractivity contribution in [3.05, 3.63) is 12.1 Å². The third-order valence-corrected chi connectivity index (χ3v) is 5.21. The molecule has 24 heavy (non-hydrogen) atoms. The maximum atomic E-state index is 12.4. The highest BCUT2D eigenvalue weighted by atomic mass is 35.5. The Balaban J connectivity index is 0.00000169. The number of fused-ring (bicyclic) bond motifs is 2. The van der Waals surface area contributed by atoms with Crippen LogP contribution in [0.3, 0.4) is 0 Å². The molecule has 3 heterocycles. The molecule has 2 aromatic rings. The zero-order valence-corrected chi connectivity index (χ0v) is 15.0. The van der Waals surface area contributed by atoms with Gasteiger partial charge in [0.2, 0.25) is 5.91 Å². The number of benzene rings is 1. The average Bonchev–Trinajstić information content (AvgIpc) is 2.93. The van der Waals surface area contributed by atoms with E-state index in [1.54, 1.807) is 0 Å². The van der Waals surface area contributed by atoms with E-state index in [0.717, 1.165) is 41.1 Å². The molecule has 6 nitrogen and oxygen atoms in total. The van der Waals surface area contributed by atoms with Gasteiger partial charge in [0, 0.05) is 24.1 Å². The predicted octanol–water partition coefficient (Wildman–Crippen LogP) is 2.82. The van der Waals surface area contributed by atoms with Crippen molar-refractivity contribution in [1.29, 1.82) is 0 Å². The smallest absolute Gasteiger partial charge is 0.229 e. The molecule has 2 aliphatic heterocycles. The monoisotopic (exact) mass is 369 g/mol. The van der Waals surface area contributed by atoms with Crippen LogP contribution < -0.4 is 20.1 Å². The van der Waals surface area contributed by atoms with Gasteiger partial charge in [0.25, 0.3) is 0 Å². The van der Waals surface area contributed by atoms with E-state index in [1.165, 1.54) is 11.3 Å². The van der Waals surface area contributed by atoms with Crippen LogP contribution in [0.1, 0.15) is 19.8 Å². The molecule has 130 valence electrons. The van der Waals surface area contributed by atoms with Crippen LogP contribution in [0.4, 0.5) is 5.13 Å². The molecular weight excluding hydrogens is 350 g/mol. The molecule has 1 aromatic carbocycles. The number of hydrogen-bond acceptors (Lipinski definition) is 6. The van der Waals surface area contributed by atoms with Gasteiger partial charge in [-0.15, -0.1) is 12.4 Å². The second-order valence-electron chi connectivity index (χ2n) is 6.05. The molecule has 0 aliphatic carbocycles. The summed E-state index contributed by atoms with van der Waals surface area (Å²) in [6.45, 7) is 4.12. The fraction of sp³-hybridized carbons (Fsp3) is 0.500. The Labute approximate surface area is 150 Å². The van der Waals surface area contributed by atoms with Crippen molar-refractivity contribution in [2.75, 3.05) is 25.1 Å². The molecule has 2 N–H and O–H groups in total. The van der Waals surface area contributed by atoms with Gasteiger partial charge in [-0.3, -0.25) is 4.79 Å². The number of piperidine rings is 1. The van der Waals surface area contributed by atoms with E-state index < -0.39 is 0 Å². The Morgan fingerprint density at radius 2 is 2.08 bits per heavy atom. The molecule has 0 saturated carbocycles. The van der Waals surface area contributed by atoms with Gasteiger partial charge in [0.15, 0.2) is 16.6 Å². The first-order chi connectivity index (χ1) is 11.2. The molecule has 2 aliphatic rings. The number of carbonyl (C=O) groups excluding carboxylic acids is 1. The summed E-state index contributed by atoms with van der Waals surface area (Å²) >= 11 is 1.47. The molecule has 1 amide bonds. The maximum Gasteiger partial charge on any atom is 0.229 e. The molecule has 0 unspecified atom stereocenters. The third kappa shape index (κ3) is 3.43. The van der Waals surface area contributed by atoms with Crippen LogP contribution in [-0.2, 0) is 4.79 Å². The summed E-state index contributed by atoms with van der Waals surface area (Å²) in [6.07, 6.45) is 1.74. The number of hydrogen-bond donors (Lipinski definition) is 2. The minimum Gasteiger partial charge on any atom is -0.486 e. The SMILES string of the molecule is C[C@H]1C[C@@H](C(=O)Nc2nc3cc4c(cc3s2)OCCO4)CCN1.Cl. The van der Waals surface area contributed by atoms with Gasteiger partial charge in [0.1, 0.15) is 13.2 Å². The largest absolute Gasteiger partial charge is 0.486 e. The summed E-state index contributed by atoms with van der Waals surface area (Å²) in [5.41, 5.74) is 0.827. The summed E-state index contributed by atoms with van der Waals surface area (Å²) in [4.78, 5) is 16.9. The molecule has 1 aromatic heterocycles. The van der Waals surface area contributed by atoms with Crippen molar-refractivity contribution < 1.29 is 14.3 Å². The molecule has 0 bridgehead atoms. The van der Waals surface area contributed by atoms with Gasteiger partial charge in [-0.05, 0) is 26.3 Å². The van der Waals surface area contributed by atoms with E-state index >= 15 is 0 Å². The Morgan fingerprint density at radius 1 is 1.33 bits per heavy atom. The van der Waals surface area contributed by atoms with Gasteiger partial charge in [-0.25, -0.2) is 4.98 Å². The normalized spacial score (nSPS) is 22.7. The van der Waals surface area contributed by atoms with Crippen LogP contribution in [0.15, 0.2) is 12.1 Å². The lowest BCUT2D eigenvalue weighted by molar-refractivity contribution is -0.120. The fourth-order valence-corrected chi connectivity index (χ4v) is 3.97. The summed E-state index contributed by atoms with van der Waals surface area (Å²) in [5.74, 6) is 1.59. The first-order valence-corrected chi connectivity index (χ1v) is 8.75. The number of amides is 1. The van der Waals surface area contributed by atoms with Crippen LogP contribution in [0.2, 0.25) is 0 Å². The number of anilines is 1. The first-order valence-electron chi connectivity index (χ1n) is 7.93. The topological polar surface area (TPSA) is 72.5 Å². The average molecular weight is 370 g/mol. The lowest BCUT2D eigenvalue weighted by Gasteiger charge is -2.26. The zero-order valence-electron chi connectivity index (χ0n) is 13.3. The highest BCUT2D eigenvalue weighted by molar-refractivity contribution is 7.22. The maximum absolute atomic E-state index is 12.4. The molecule has 1 fully saturated rings. The minimum absolute atomic E-state index is 0. The van der Waals surface area contributed by atoms with Gasteiger partial charge >= 0.3 is 0 Å². The summed E-state index contributed by atoms with van der Waals surface area (Å²) in [6, 6.07) is 4.20. The quantitative estimate of drug-likeness (QED) is 0.851. The van der Waals surface area contributed by atoms with Crippen molar-refractivity contribution in [2.45, 2.75) is 25.8 Å². The second kappa shape index (κ2) is 7.13. The van der Waals surface area contributed by atoms with E-state index in [0.29, 0.717) is 24.4 Å². The molecular formula is C16H20ClN3O3S. The van der Waals surface area contributed by atoms with Crippen LogP contribution in [0, 0.1) is 5.92 Å². The lowest BCUT2D eigenvalue weighted by Crippen LogP contribution is -2.40. The number of aromatic nitrogens is 1. The van der Waals surface area contributed by atoms with E-state index in [1.807, 2.05) is 12.1 Å². The Morgan fingerprint density at radius 3 is 2.83 bits per heavy atom. The first kappa shape index (κ1) is 17.3. The molecule has 0 radical (unpaired) electrons. The van der Waals surface area contributed by atoms with E-state index in [-0.39, 0.29) is 24.2 Å². The van der Waals surface area contributed by atoms with Crippen molar-refractivity contribution in [1.82, 2.24) is 10.3 Å². The third-order valence-electron chi connectivity index (χ3n) is 4.28. The number of halogens is 1. The van der Waals surface area contributed by atoms with Crippen LogP contribution in [-0.4, -0.2) is 36.7 Å². The Bertz CT molecular complexity index is 708.